The third-order valence-electron chi connectivity index (χ3n) is 2.12. The molecule has 0 aliphatic carbocycles. The van der Waals surface area contributed by atoms with Crippen LogP contribution in [0, 0.1) is 12.7 Å². The molecule has 2 rings (SSSR count). The normalized spacial score (nSPS) is 10.6. The first-order valence-corrected chi connectivity index (χ1v) is 4.35. The van der Waals surface area contributed by atoms with Crippen molar-refractivity contribution in [2.45, 2.75) is 6.92 Å². The lowest BCUT2D eigenvalue weighted by molar-refractivity contribution is 0.623. The number of aromatic nitrogens is 4. The average Bonchev–Trinajstić information content (AvgIpc) is 2.52. The molecule has 0 spiro atoms. The van der Waals surface area contributed by atoms with Crippen molar-refractivity contribution in [2.24, 2.45) is 7.05 Å². The van der Waals surface area contributed by atoms with E-state index in [0.717, 1.165) is 14.9 Å². The first-order valence-electron chi connectivity index (χ1n) is 4.35. The lowest BCUT2D eigenvalue weighted by atomic mass is 10.2. The predicted octanol–water partition coefficient (Wildman–Crippen LogP) is 0.414. The third-order valence-corrected chi connectivity index (χ3v) is 2.12. The minimum absolute atomic E-state index is 0.399. The first-order chi connectivity index (χ1) is 7.09. The van der Waals surface area contributed by atoms with Crippen molar-refractivity contribution >= 4 is 0 Å². The molecule has 78 valence electrons. The molecule has 0 amide bonds. The quantitative estimate of drug-likeness (QED) is 0.682. The van der Waals surface area contributed by atoms with Gasteiger partial charge in [0, 0.05) is 13.1 Å². The van der Waals surface area contributed by atoms with Gasteiger partial charge in [-0.3, -0.25) is 0 Å². The van der Waals surface area contributed by atoms with Crippen LogP contribution in [0.25, 0.3) is 5.69 Å². The Morgan fingerprint density at radius 2 is 2.07 bits per heavy atom. The van der Waals surface area contributed by atoms with Crippen LogP contribution in [0.15, 0.2) is 23.0 Å². The lowest BCUT2D eigenvalue weighted by Crippen LogP contribution is -2.22. The van der Waals surface area contributed by atoms with Gasteiger partial charge in [-0.05, 0) is 29.0 Å². The molecule has 1 aromatic heterocycles. The van der Waals surface area contributed by atoms with Gasteiger partial charge in [-0.25, -0.2) is 9.18 Å². The summed E-state index contributed by atoms with van der Waals surface area (Å²) in [5.74, 6) is -0.409. The Kier molecular flexibility index (Phi) is 2.11. The molecule has 1 aromatic carbocycles. The van der Waals surface area contributed by atoms with Gasteiger partial charge in [0.15, 0.2) is 0 Å². The molecule has 0 atom stereocenters. The molecule has 15 heavy (non-hydrogen) atoms. The second-order valence-corrected chi connectivity index (χ2v) is 3.23. The zero-order valence-electron chi connectivity index (χ0n) is 8.31. The molecule has 0 saturated heterocycles. The summed E-state index contributed by atoms with van der Waals surface area (Å²) in [6.07, 6.45) is 0. The average molecular weight is 208 g/mol. The van der Waals surface area contributed by atoms with E-state index >= 15 is 0 Å². The maximum absolute atomic E-state index is 13.0. The zero-order valence-corrected chi connectivity index (χ0v) is 8.31. The van der Waals surface area contributed by atoms with Gasteiger partial charge in [0.25, 0.3) is 0 Å². The summed E-state index contributed by atoms with van der Waals surface area (Å²) in [5.41, 5.74) is 0.774. The molecule has 6 heteroatoms. The van der Waals surface area contributed by atoms with Gasteiger partial charge in [-0.2, -0.15) is 9.36 Å². The molecule has 0 unspecified atom stereocenters. The molecular weight excluding hydrogens is 199 g/mol. The second kappa shape index (κ2) is 3.30. The van der Waals surface area contributed by atoms with Crippen LogP contribution in [0.3, 0.4) is 0 Å². The van der Waals surface area contributed by atoms with Crippen LogP contribution in [0.1, 0.15) is 5.56 Å². The number of tetrazole rings is 1. The van der Waals surface area contributed by atoms with E-state index in [1.165, 1.54) is 19.2 Å². The number of rotatable bonds is 1. The maximum Gasteiger partial charge on any atom is 0.368 e. The van der Waals surface area contributed by atoms with Gasteiger partial charge < -0.3 is 0 Å². The summed E-state index contributed by atoms with van der Waals surface area (Å²) in [6, 6.07) is 4.18. The summed E-state index contributed by atoms with van der Waals surface area (Å²) in [5, 5.41) is 7.20. The zero-order chi connectivity index (χ0) is 11.0. The summed E-state index contributed by atoms with van der Waals surface area (Å²) in [4.78, 5) is 11.5. The number of hydrogen-bond donors (Lipinski definition) is 0. The van der Waals surface area contributed by atoms with Crippen LogP contribution in [0.2, 0.25) is 0 Å². The van der Waals surface area contributed by atoms with Gasteiger partial charge in [0.2, 0.25) is 0 Å². The highest BCUT2D eigenvalue weighted by atomic mass is 19.1. The van der Waals surface area contributed by atoms with Crippen molar-refractivity contribution in [3.8, 4) is 5.69 Å². The summed E-state index contributed by atoms with van der Waals surface area (Å²) >= 11 is 0. The summed E-state index contributed by atoms with van der Waals surface area (Å²) < 4.78 is 15.2. The van der Waals surface area contributed by atoms with Crippen LogP contribution in [-0.4, -0.2) is 19.8 Å². The first kappa shape index (κ1) is 9.57. The highest BCUT2D eigenvalue weighted by Gasteiger charge is 2.09. The highest BCUT2D eigenvalue weighted by molar-refractivity contribution is 5.39. The monoisotopic (exact) mass is 208 g/mol. The van der Waals surface area contributed by atoms with Crippen LogP contribution in [0.4, 0.5) is 4.39 Å². The van der Waals surface area contributed by atoms with Crippen molar-refractivity contribution in [2.75, 3.05) is 0 Å². The topological polar surface area (TPSA) is 52.7 Å². The van der Waals surface area contributed by atoms with E-state index in [9.17, 15) is 9.18 Å². The standard InChI is InChI=1S/C9H9FN4O/c1-6-3-4-7(10)5-8(6)14-9(15)13(2)11-12-14/h3-5H,1-2H3. The van der Waals surface area contributed by atoms with Crippen LogP contribution in [0.5, 0.6) is 0 Å². The molecular formula is C9H9FN4O. The van der Waals surface area contributed by atoms with Crippen molar-refractivity contribution in [3.05, 3.63) is 40.1 Å². The van der Waals surface area contributed by atoms with Gasteiger partial charge in [0.1, 0.15) is 5.82 Å². The molecule has 0 radical (unpaired) electrons. The van der Waals surface area contributed by atoms with E-state index in [2.05, 4.69) is 10.4 Å². The number of benzene rings is 1. The van der Waals surface area contributed by atoms with E-state index in [1.807, 2.05) is 0 Å². The van der Waals surface area contributed by atoms with Crippen molar-refractivity contribution in [3.63, 3.8) is 0 Å². The van der Waals surface area contributed by atoms with Crippen LogP contribution < -0.4 is 5.69 Å². The van der Waals surface area contributed by atoms with Crippen molar-refractivity contribution in [1.29, 1.82) is 0 Å². The predicted molar refractivity (Wildman–Crippen MR) is 51.3 cm³/mol. The Balaban J connectivity index is 2.69. The molecule has 0 aliphatic heterocycles. The van der Waals surface area contributed by atoms with E-state index in [0.29, 0.717) is 5.69 Å². The Hall–Kier alpha value is -1.98. The Labute approximate surface area is 84.7 Å². The Morgan fingerprint density at radius 3 is 2.67 bits per heavy atom. The molecule has 5 nitrogen and oxygen atoms in total. The minimum atomic E-state index is -0.409. The Morgan fingerprint density at radius 1 is 1.33 bits per heavy atom. The second-order valence-electron chi connectivity index (χ2n) is 3.23. The van der Waals surface area contributed by atoms with Crippen molar-refractivity contribution in [1.82, 2.24) is 19.8 Å². The van der Waals surface area contributed by atoms with E-state index < -0.39 is 11.5 Å². The van der Waals surface area contributed by atoms with Gasteiger partial charge >= 0.3 is 5.69 Å². The van der Waals surface area contributed by atoms with Gasteiger partial charge in [-0.15, -0.1) is 0 Å². The fourth-order valence-electron chi connectivity index (χ4n) is 1.28. The van der Waals surface area contributed by atoms with Gasteiger partial charge in [0.05, 0.1) is 5.69 Å². The van der Waals surface area contributed by atoms with Crippen LogP contribution >= 0.6 is 0 Å². The highest BCUT2D eigenvalue weighted by Crippen LogP contribution is 2.12. The molecule has 1 heterocycles. The molecule has 0 fully saturated rings. The number of halogens is 1. The largest absolute Gasteiger partial charge is 0.368 e. The smallest absolute Gasteiger partial charge is 0.244 e. The summed E-state index contributed by atoms with van der Waals surface area (Å²) in [7, 11) is 1.49. The van der Waals surface area contributed by atoms with Gasteiger partial charge in [-0.1, -0.05) is 6.07 Å². The molecule has 0 aliphatic rings. The SMILES string of the molecule is Cc1ccc(F)cc1-n1nnn(C)c1=O. The maximum atomic E-state index is 13.0. The minimum Gasteiger partial charge on any atom is -0.244 e. The number of aryl methyl sites for hydroxylation is 2. The lowest BCUT2D eigenvalue weighted by Gasteiger charge is -2.02. The van der Waals surface area contributed by atoms with E-state index in [-0.39, 0.29) is 0 Å². The third kappa shape index (κ3) is 1.54. The van der Waals surface area contributed by atoms with E-state index in [4.69, 9.17) is 0 Å². The summed E-state index contributed by atoms with van der Waals surface area (Å²) in [6.45, 7) is 1.77. The molecule has 0 bridgehead atoms. The van der Waals surface area contributed by atoms with Crippen LogP contribution in [-0.2, 0) is 7.05 Å². The molecule has 2 aromatic rings. The fraction of sp³-hybridized carbons (Fsp3) is 0.222. The fourth-order valence-corrected chi connectivity index (χ4v) is 1.28. The van der Waals surface area contributed by atoms with Crippen molar-refractivity contribution < 1.29 is 4.39 Å². The Bertz CT molecular complexity index is 557. The van der Waals surface area contributed by atoms with E-state index in [1.54, 1.807) is 13.0 Å². The number of nitrogens with zero attached hydrogens (tertiary/aromatic N) is 4. The number of hydrogen-bond acceptors (Lipinski definition) is 3. The molecule has 0 saturated carbocycles. The molecule has 0 N–H and O–H groups in total.